The van der Waals surface area contributed by atoms with Gasteiger partial charge in [0.15, 0.2) is 0 Å². The number of rotatable bonds is 5. The molecule has 2 aromatic rings. The molecule has 0 spiro atoms. The summed E-state index contributed by atoms with van der Waals surface area (Å²) in [6, 6.07) is 11.4. The minimum absolute atomic E-state index is 0.391. The molecule has 0 unspecified atom stereocenters. The minimum atomic E-state index is -0.880. The van der Waals surface area contributed by atoms with Gasteiger partial charge in [0.1, 0.15) is 4.88 Å². The van der Waals surface area contributed by atoms with Crippen molar-refractivity contribution in [2.24, 2.45) is 0 Å². The molecule has 2 rings (SSSR count). The molecule has 1 aromatic heterocycles. The van der Waals surface area contributed by atoms with Crippen LogP contribution in [0.1, 0.15) is 26.4 Å². The fourth-order valence-corrected chi connectivity index (χ4v) is 2.80. The van der Waals surface area contributed by atoms with Crippen LogP contribution in [0.25, 0.3) is 0 Å². The van der Waals surface area contributed by atoms with Crippen molar-refractivity contribution >= 4 is 17.3 Å². The Morgan fingerprint density at radius 3 is 2.90 bits per heavy atom. The molecule has 0 saturated heterocycles. The number of nitriles is 1. The lowest BCUT2D eigenvalue weighted by molar-refractivity contribution is 0.0700. The summed E-state index contributed by atoms with van der Waals surface area (Å²) < 4.78 is 0. The summed E-state index contributed by atoms with van der Waals surface area (Å²) in [6.07, 6.45) is 0. The molecule has 0 aliphatic carbocycles. The highest BCUT2D eigenvalue weighted by Gasteiger charge is 2.13. The molecule has 20 heavy (non-hydrogen) atoms. The summed E-state index contributed by atoms with van der Waals surface area (Å²) in [5.74, 6) is -0.880. The predicted octanol–water partition coefficient (Wildman–Crippen LogP) is 2.95. The third kappa shape index (κ3) is 3.44. The van der Waals surface area contributed by atoms with Crippen LogP contribution in [0, 0.1) is 11.3 Å². The normalized spacial score (nSPS) is 10.4. The number of thiophene rings is 1. The molecule has 1 heterocycles. The SMILES string of the molecule is CN(Cc1cccc(C#N)c1)Cc1ccsc1C(=O)O. The van der Waals surface area contributed by atoms with Gasteiger partial charge >= 0.3 is 5.97 Å². The lowest BCUT2D eigenvalue weighted by Gasteiger charge is -2.16. The van der Waals surface area contributed by atoms with Gasteiger partial charge in [0.2, 0.25) is 0 Å². The zero-order valence-electron chi connectivity index (χ0n) is 11.0. The van der Waals surface area contributed by atoms with Crippen molar-refractivity contribution in [1.82, 2.24) is 4.90 Å². The van der Waals surface area contributed by atoms with Gasteiger partial charge in [-0.25, -0.2) is 4.79 Å². The largest absolute Gasteiger partial charge is 0.477 e. The molecule has 1 aromatic carbocycles. The molecule has 0 radical (unpaired) electrons. The van der Waals surface area contributed by atoms with Crippen LogP contribution in [-0.4, -0.2) is 23.0 Å². The average molecular weight is 286 g/mol. The van der Waals surface area contributed by atoms with Crippen molar-refractivity contribution in [3.05, 3.63) is 57.3 Å². The quantitative estimate of drug-likeness (QED) is 0.917. The highest BCUT2D eigenvalue weighted by molar-refractivity contribution is 7.12. The maximum absolute atomic E-state index is 11.1. The lowest BCUT2D eigenvalue weighted by atomic mass is 10.1. The van der Waals surface area contributed by atoms with E-state index in [-0.39, 0.29) is 0 Å². The zero-order chi connectivity index (χ0) is 14.5. The van der Waals surface area contributed by atoms with E-state index >= 15 is 0 Å². The van der Waals surface area contributed by atoms with E-state index < -0.39 is 5.97 Å². The second-order valence-electron chi connectivity index (χ2n) is 4.56. The molecule has 0 aliphatic rings. The van der Waals surface area contributed by atoms with Gasteiger partial charge in [-0.3, -0.25) is 4.90 Å². The summed E-state index contributed by atoms with van der Waals surface area (Å²) in [7, 11) is 1.93. The van der Waals surface area contributed by atoms with Crippen LogP contribution in [-0.2, 0) is 13.1 Å². The van der Waals surface area contributed by atoms with Crippen molar-refractivity contribution < 1.29 is 9.90 Å². The van der Waals surface area contributed by atoms with E-state index in [2.05, 4.69) is 6.07 Å². The van der Waals surface area contributed by atoms with Gasteiger partial charge in [-0.2, -0.15) is 5.26 Å². The molecular formula is C15H14N2O2S. The first-order chi connectivity index (χ1) is 9.60. The van der Waals surface area contributed by atoms with E-state index in [0.29, 0.717) is 23.5 Å². The second kappa shape index (κ2) is 6.33. The first kappa shape index (κ1) is 14.3. The number of benzene rings is 1. The number of aromatic carboxylic acids is 1. The Hall–Kier alpha value is -2.16. The summed E-state index contributed by atoms with van der Waals surface area (Å²) in [4.78, 5) is 13.5. The third-order valence-corrected chi connectivity index (χ3v) is 3.83. The van der Waals surface area contributed by atoms with E-state index in [9.17, 15) is 4.79 Å². The maximum Gasteiger partial charge on any atom is 0.346 e. The fraction of sp³-hybridized carbons (Fsp3) is 0.200. The second-order valence-corrected chi connectivity index (χ2v) is 5.48. The molecule has 0 amide bonds. The Labute approximate surface area is 121 Å². The van der Waals surface area contributed by atoms with Crippen molar-refractivity contribution in [2.45, 2.75) is 13.1 Å². The first-order valence-corrected chi connectivity index (χ1v) is 6.95. The number of carboxylic acid groups (broad SMARTS) is 1. The first-order valence-electron chi connectivity index (χ1n) is 6.07. The topological polar surface area (TPSA) is 64.3 Å². The standard InChI is InChI=1S/C15H14N2O2S/c1-17(9-12-4-2-3-11(7-12)8-16)10-13-5-6-20-14(13)15(18)19/h2-7H,9-10H2,1H3,(H,18,19). The van der Waals surface area contributed by atoms with Crippen LogP contribution in [0.3, 0.4) is 0 Å². The van der Waals surface area contributed by atoms with Crippen LogP contribution in [0.15, 0.2) is 35.7 Å². The smallest absolute Gasteiger partial charge is 0.346 e. The zero-order valence-corrected chi connectivity index (χ0v) is 11.9. The van der Waals surface area contributed by atoms with Gasteiger partial charge < -0.3 is 5.11 Å². The van der Waals surface area contributed by atoms with Crippen molar-refractivity contribution in [1.29, 1.82) is 5.26 Å². The highest BCUT2D eigenvalue weighted by Crippen LogP contribution is 2.19. The maximum atomic E-state index is 11.1. The van der Waals surface area contributed by atoms with Gasteiger partial charge in [0.25, 0.3) is 0 Å². The Morgan fingerprint density at radius 1 is 1.40 bits per heavy atom. The number of carbonyl (C=O) groups is 1. The van der Waals surface area contributed by atoms with E-state index in [1.807, 2.05) is 36.2 Å². The molecule has 102 valence electrons. The molecule has 1 N–H and O–H groups in total. The Bertz CT molecular complexity index is 658. The summed E-state index contributed by atoms with van der Waals surface area (Å²) in [5, 5.41) is 19.7. The number of hydrogen-bond donors (Lipinski definition) is 1. The molecule has 0 bridgehead atoms. The number of hydrogen-bond acceptors (Lipinski definition) is 4. The van der Waals surface area contributed by atoms with E-state index in [4.69, 9.17) is 10.4 Å². The monoisotopic (exact) mass is 286 g/mol. The minimum Gasteiger partial charge on any atom is -0.477 e. The summed E-state index contributed by atoms with van der Waals surface area (Å²) in [6.45, 7) is 1.24. The van der Waals surface area contributed by atoms with E-state index in [1.54, 1.807) is 11.4 Å². The Morgan fingerprint density at radius 2 is 2.20 bits per heavy atom. The number of nitrogens with zero attached hydrogens (tertiary/aromatic N) is 2. The van der Waals surface area contributed by atoms with Gasteiger partial charge in [0, 0.05) is 13.1 Å². The molecule has 0 fully saturated rings. The molecule has 0 atom stereocenters. The third-order valence-electron chi connectivity index (χ3n) is 2.89. The highest BCUT2D eigenvalue weighted by atomic mass is 32.1. The fourth-order valence-electron chi connectivity index (χ4n) is 2.05. The Balaban J connectivity index is 2.05. The Kier molecular flexibility index (Phi) is 4.51. The van der Waals surface area contributed by atoms with E-state index in [0.717, 1.165) is 11.1 Å². The van der Waals surface area contributed by atoms with Crippen molar-refractivity contribution in [3.8, 4) is 6.07 Å². The van der Waals surface area contributed by atoms with E-state index in [1.165, 1.54) is 11.3 Å². The summed E-state index contributed by atoms with van der Waals surface area (Å²) in [5.41, 5.74) is 2.50. The van der Waals surface area contributed by atoms with Crippen LogP contribution >= 0.6 is 11.3 Å². The van der Waals surface area contributed by atoms with Crippen molar-refractivity contribution in [3.63, 3.8) is 0 Å². The van der Waals surface area contributed by atoms with Crippen LogP contribution in [0.4, 0.5) is 0 Å². The van der Waals surface area contributed by atoms with Gasteiger partial charge in [0.05, 0.1) is 11.6 Å². The molecule has 5 heteroatoms. The molecule has 0 aliphatic heterocycles. The molecule has 4 nitrogen and oxygen atoms in total. The molecular weight excluding hydrogens is 272 g/mol. The van der Waals surface area contributed by atoms with Gasteiger partial charge in [-0.15, -0.1) is 11.3 Å². The van der Waals surface area contributed by atoms with Gasteiger partial charge in [-0.05, 0) is 41.8 Å². The van der Waals surface area contributed by atoms with Crippen LogP contribution < -0.4 is 0 Å². The predicted molar refractivity (Wildman–Crippen MR) is 77.6 cm³/mol. The average Bonchev–Trinajstić information content (AvgIpc) is 2.87. The summed E-state index contributed by atoms with van der Waals surface area (Å²) >= 11 is 1.24. The lowest BCUT2D eigenvalue weighted by Crippen LogP contribution is -2.18. The van der Waals surface area contributed by atoms with Crippen molar-refractivity contribution in [2.75, 3.05) is 7.05 Å². The van der Waals surface area contributed by atoms with Crippen LogP contribution in [0.2, 0.25) is 0 Å². The van der Waals surface area contributed by atoms with Crippen LogP contribution in [0.5, 0.6) is 0 Å². The molecule has 0 saturated carbocycles. The number of carboxylic acids is 1. The van der Waals surface area contributed by atoms with Gasteiger partial charge in [-0.1, -0.05) is 12.1 Å².